The lowest BCUT2D eigenvalue weighted by atomic mass is 10.1. The van der Waals surface area contributed by atoms with E-state index in [1.807, 2.05) is 31.2 Å². The zero-order chi connectivity index (χ0) is 19.2. The van der Waals surface area contributed by atoms with Crippen LogP contribution in [0.1, 0.15) is 26.6 Å². The maximum Gasteiger partial charge on any atom is 0.316 e. The van der Waals surface area contributed by atoms with E-state index >= 15 is 0 Å². The van der Waals surface area contributed by atoms with Gasteiger partial charge in [-0.25, -0.2) is 4.39 Å². The molecule has 7 nitrogen and oxygen atoms in total. The monoisotopic (exact) mass is 368 g/mol. The SMILES string of the molecule is Cc1ccc(-c2noc(C(=O)NCCNC(=O)c3cccc(F)c3)n2)cc1. The van der Waals surface area contributed by atoms with E-state index in [9.17, 15) is 14.0 Å². The van der Waals surface area contributed by atoms with Gasteiger partial charge in [-0.2, -0.15) is 4.98 Å². The van der Waals surface area contributed by atoms with Crippen LogP contribution in [0.3, 0.4) is 0 Å². The summed E-state index contributed by atoms with van der Waals surface area (Å²) < 4.78 is 18.1. The Hall–Kier alpha value is -3.55. The molecule has 0 bridgehead atoms. The van der Waals surface area contributed by atoms with Crippen LogP contribution in [0.25, 0.3) is 11.4 Å². The van der Waals surface area contributed by atoms with E-state index in [0.717, 1.165) is 17.2 Å². The van der Waals surface area contributed by atoms with Crippen LogP contribution >= 0.6 is 0 Å². The Labute approximate surface area is 154 Å². The molecule has 8 heteroatoms. The molecule has 0 saturated carbocycles. The lowest BCUT2D eigenvalue weighted by Crippen LogP contribution is -2.34. The largest absolute Gasteiger partial charge is 0.350 e. The van der Waals surface area contributed by atoms with Crippen LogP contribution in [0.5, 0.6) is 0 Å². The number of benzene rings is 2. The Balaban J connectivity index is 1.48. The lowest BCUT2D eigenvalue weighted by Gasteiger charge is -2.05. The topological polar surface area (TPSA) is 97.1 Å². The smallest absolute Gasteiger partial charge is 0.316 e. The second-order valence-electron chi connectivity index (χ2n) is 5.81. The van der Waals surface area contributed by atoms with Gasteiger partial charge in [-0.05, 0) is 25.1 Å². The van der Waals surface area contributed by atoms with Crippen LogP contribution in [0, 0.1) is 12.7 Å². The molecule has 0 unspecified atom stereocenters. The molecule has 0 aliphatic rings. The first-order valence-electron chi connectivity index (χ1n) is 8.25. The van der Waals surface area contributed by atoms with Crippen LogP contribution in [0.4, 0.5) is 4.39 Å². The van der Waals surface area contributed by atoms with Gasteiger partial charge in [-0.3, -0.25) is 9.59 Å². The molecular formula is C19H17FN4O3. The molecule has 0 atom stereocenters. The van der Waals surface area contributed by atoms with Gasteiger partial charge in [-0.1, -0.05) is 41.1 Å². The molecule has 2 N–H and O–H groups in total. The lowest BCUT2D eigenvalue weighted by molar-refractivity contribution is 0.0898. The average molecular weight is 368 g/mol. The number of aromatic nitrogens is 2. The van der Waals surface area contributed by atoms with Gasteiger partial charge in [0.1, 0.15) is 5.82 Å². The number of hydrogen-bond donors (Lipinski definition) is 2. The number of carbonyl (C=O) groups excluding carboxylic acids is 2. The highest BCUT2D eigenvalue weighted by atomic mass is 19.1. The van der Waals surface area contributed by atoms with E-state index in [0.29, 0.717) is 5.82 Å². The predicted octanol–water partition coefficient (Wildman–Crippen LogP) is 2.34. The third-order valence-corrected chi connectivity index (χ3v) is 3.71. The molecule has 0 fully saturated rings. The van der Waals surface area contributed by atoms with Crippen LogP contribution in [0.2, 0.25) is 0 Å². The maximum absolute atomic E-state index is 13.1. The Morgan fingerprint density at radius 1 is 1.04 bits per heavy atom. The van der Waals surface area contributed by atoms with E-state index in [2.05, 4.69) is 20.8 Å². The van der Waals surface area contributed by atoms with Crippen molar-refractivity contribution in [2.45, 2.75) is 6.92 Å². The summed E-state index contributed by atoms with van der Waals surface area (Å²) in [6.07, 6.45) is 0. The summed E-state index contributed by atoms with van der Waals surface area (Å²) in [5.74, 6) is -1.30. The molecule has 0 aliphatic heterocycles. The van der Waals surface area contributed by atoms with Crippen molar-refractivity contribution in [3.63, 3.8) is 0 Å². The van der Waals surface area contributed by atoms with Gasteiger partial charge in [0.15, 0.2) is 0 Å². The number of halogens is 1. The fraction of sp³-hybridized carbons (Fsp3) is 0.158. The van der Waals surface area contributed by atoms with Crippen molar-refractivity contribution in [2.24, 2.45) is 0 Å². The van der Waals surface area contributed by atoms with Gasteiger partial charge in [0.2, 0.25) is 5.82 Å². The van der Waals surface area contributed by atoms with Crippen molar-refractivity contribution in [3.05, 3.63) is 71.4 Å². The predicted molar refractivity (Wildman–Crippen MR) is 95.5 cm³/mol. The van der Waals surface area contributed by atoms with Gasteiger partial charge in [-0.15, -0.1) is 0 Å². The number of amides is 2. The van der Waals surface area contributed by atoms with E-state index < -0.39 is 17.6 Å². The summed E-state index contributed by atoms with van der Waals surface area (Å²) in [4.78, 5) is 28.0. The number of carbonyl (C=O) groups is 2. The first-order chi connectivity index (χ1) is 13.0. The van der Waals surface area contributed by atoms with Crippen molar-refractivity contribution >= 4 is 11.8 Å². The highest BCUT2D eigenvalue weighted by molar-refractivity contribution is 5.94. The quantitative estimate of drug-likeness (QED) is 0.651. The molecule has 2 amide bonds. The van der Waals surface area contributed by atoms with Crippen molar-refractivity contribution in [2.75, 3.05) is 13.1 Å². The summed E-state index contributed by atoms with van der Waals surface area (Å²) in [6, 6.07) is 12.8. The minimum absolute atomic E-state index is 0.155. The molecule has 3 rings (SSSR count). The van der Waals surface area contributed by atoms with Crippen LogP contribution in [0.15, 0.2) is 53.1 Å². The van der Waals surface area contributed by atoms with Crippen molar-refractivity contribution in [3.8, 4) is 11.4 Å². The molecule has 2 aromatic carbocycles. The summed E-state index contributed by atoms with van der Waals surface area (Å²) in [5, 5.41) is 8.94. The average Bonchev–Trinajstić information content (AvgIpc) is 3.16. The number of hydrogen-bond acceptors (Lipinski definition) is 5. The van der Waals surface area contributed by atoms with Crippen LogP contribution in [-0.2, 0) is 0 Å². The van der Waals surface area contributed by atoms with Gasteiger partial charge >= 0.3 is 11.8 Å². The third-order valence-electron chi connectivity index (χ3n) is 3.71. The second-order valence-corrected chi connectivity index (χ2v) is 5.81. The summed E-state index contributed by atoms with van der Waals surface area (Å²) in [7, 11) is 0. The molecule has 1 heterocycles. The molecule has 0 spiro atoms. The highest BCUT2D eigenvalue weighted by Gasteiger charge is 2.15. The second kappa shape index (κ2) is 8.22. The molecule has 0 aliphatic carbocycles. The zero-order valence-electron chi connectivity index (χ0n) is 14.5. The molecule has 0 radical (unpaired) electrons. The number of rotatable bonds is 6. The molecule has 3 aromatic rings. The number of aryl methyl sites for hydroxylation is 1. The fourth-order valence-corrected chi connectivity index (χ4v) is 2.30. The number of nitrogens with zero attached hydrogens (tertiary/aromatic N) is 2. The van der Waals surface area contributed by atoms with Crippen molar-refractivity contribution in [1.29, 1.82) is 0 Å². The molecular weight excluding hydrogens is 351 g/mol. The summed E-state index contributed by atoms with van der Waals surface area (Å²) in [5.41, 5.74) is 2.05. The van der Waals surface area contributed by atoms with Crippen molar-refractivity contribution < 1.29 is 18.5 Å². The molecule has 138 valence electrons. The van der Waals surface area contributed by atoms with Gasteiger partial charge < -0.3 is 15.2 Å². The Kier molecular flexibility index (Phi) is 5.55. The Morgan fingerprint density at radius 2 is 1.74 bits per heavy atom. The highest BCUT2D eigenvalue weighted by Crippen LogP contribution is 2.16. The van der Waals surface area contributed by atoms with Crippen LogP contribution in [-0.4, -0.2) is 35.0 Å². The standard InChI is InChI=1S/C19H17FN4O3/c1-12-5-7-13(8-6-12)16-23-19(27-24-16)18(26)22-10-9-21-17(25)14-3-2-4-15(20)11-14/h2-8,11H,9-10H2,1H3,(H,21,25)(H,22,26). The first-order valence-corrected chi connectivity index (χ1v) is 8.25. The third kappa shape index (κ3) is 4.75. The van der Waals surface area contributed by atoms with E-state index in [1.54, 1.807) is 0 Å². The minimum Gasteiger partial charge on any atom is -0.350 e. The molecule has 0 saturated heterocycles. The van der Waals surface area contributed by atoms with E-state index in [4.69, 9.17) is 4.52 Å². The first kappa shape index (κ1) is 18.2. The summed E-state index contributed by atoms with van der Waals surface area (Å²) >= 11 is 0. The van der Waals surface area contributed by atoms with Crippen molar-refractivity contribution in [1.82, 2.24) is 20.8 Å². The zero-order valence-corrected chi connectivity index (χ0v) is 14.5. The van der Waals surface area contributed by atoms with E-state index in [1.165, 1.54) is 18.2 Å². The minimum atomic E-state index is -0.541. The molecule has 27 heavy (non-hydrogen) atoms. The Morgan fingerprint density at radius 3 is 2.44 bits per heavy atom. The van der Waals surface area contributed by atoms with Gasteiger partial charge in [0, 0.05) is 24.2 Å². The van der Waals surface area contributed by atoms with Gasteiger partial charge in [0.25, 0.3) is 5.91 Å². The van der Waals surface area contributed by atoms with E-state index in [-0.39, 0.29) is 24.5 Å². The maximum atomic E-state index is 13.1. The Bertz CT molecular complexity index is 954. The summed E-state index contributed by atoms with van der Waals surface area (Å²) in [6.45, 7) is 2.29. The molecule has 1 aromatic heterocycles. The van der Waals surface area contributed by atoms with Crippen LogP contribution < -0.4 is 10.6 Å². The normalized spacial score (nSPS) is 10.4. The fourth-order valence-electron chi connectivity index (χ4n) is 2.30. The van der Waals surface area contributed by atoms with Gasteiger partial charge in [0.05, 0.1) is 0 Å². The number of nitrogens with one attached hydrogen (secondary N) is 2.